The molecular formula is C9H14N4O2S2. The second-order valence-electron chi connectivity index (χ2n) is 3.39. The number of nitrogens with zero attached hydrogens (tertiary/aromatic N) is 1. The number of anilines is 1. The second kappa shape index (κ2) is 5.89. The first-order valence-corrected chi connectivity index (χ1v) is 7.13. The quantitative estimate of drug-likeness (QED) is 0.486. The van der Waals surface area contributed by atoms with Crippen LogP contribution in [-0.2, 0) is 10.0 Å². The monoisotopic (exact) mass is 274 g/mol. The molecule has 0 radical (unpaired) electrons. The van der Waals surface area contributed by atoms with E-state index in [0.29, 0.717) is 29.5 Å². The summed E-state index contributed by atoms with van der Waals surface area (Å²) in [6, 6.07) is 3.48. The predicted octanol–water partition coefficient (Wildman–Crippen LogP) is -0.323. The molecule has 0 aliphatic carbocycles. The van der Waals surface area contributed by atoms with E-state index in [1.165, 1.54) is 0 Å². The fourth-order valence-electron chi connectivity index (χ4n) is 1.07. The lowest BCUT2D eigenvalue weighted by atomic mass is 10.3. The Labute approximate surface area is 106 Å². The number of rotatable bonds is 6. The van der Waals surface area contributed by atoms with Gasteiger partial charge in [0.15, 0.2) is 0 Å². The molecule has 1 rings (SSSR count). The fraction of sp³-hybridized carbons (Fsp3) is 0.333. The van der Waals surface area contributed by atoms with Crippen LogP contribution < -0.4 is 15.8 Å². The van der Waals surface area contributed by atoms with Crippen LogP contribution in [0.25, 0.3) is 0 Å². The van der Waals surface area contributed by atoms with E-state index in [1.54, 1.807) is 18.3 Å². The van der Waals surface area contributed by atoms with Crippen molar-refractivity contribution >= 4 is 33.0 Å². The van der Waals surface area contributed by atoms with Gasteiger partial charge in [0.1, 0.15) is 10.8 Å². The minimum atomic E-state index is -3.14. The Morgan fingerprint density at radius 3 is 2.65 bits per heavy atom. The molecule has 0 aliphatic rings. The van der Waals surface area contributed by atoms with Gasteiger partial charge in [0.05, 0.1) is 6.26 Å². The van der Waals surface area contributed by atoms with Gasteiger partial charge in [-0.25, -0.2) is 18.1 Å². The molecule has 1 heterocycles. The van der Waals surface area contributed by atoms with Crippen LogP contribution in [-0.4, -0.2) is 37.7 Å². The lowest BCUT2D eigenvalue weighted by Crippen LogP contribution is -2.27. The van der Waals surface area contributed by atoms with E-state index >= 15 is 0 Å². The molecule has 1 aromatic rings. The highest BCUT2D eigenvalue weighted by atomic mass is 32.2. The SMILES string of the molecule is CS(=O)(=O)NCCNc1ccc(C(N)=S)cn1. The van der Waals surface area contributed by atoms with Crippen LogP contribution in [0.4, 0.5) is 5.82 Å². The molecule has 0 fully saturated rings. The van der Waals surface area contributed by atoms with Gasteiger partial charge in [0.2, 0.25) is 10.0 Å². The number of thiocarbonyl (C=S) groups is 1. The summed E-state index contributed by atoms with van der Waals surface area (Å²) in [5.41, 5.74) is 6.12. The summed E-state index contributed by atoms with van der Waals surface area (Å²) in [5.74, 6) is 0.639. The first kappa shape index (κ1) is 13.8. The van der Waals surface area contributed by atoms with Crippen molar-refractivity contribution in [3.63, 3.8) is 0 Å². The molecule has 17 heavy (non-hydrogen) atoms. The number of aromatic nitrogens is 1. The molecule has 6 nitrogen and oxygen atoms in total. The van der Waals surface area contributed by atoms with E-state index in [-0.39, 0.29) is 0 Å². The van der Waals surface area contributed by atoms with E-state index in [2.05, 4.69) is 15.0 Å². The highest BCUT2D eigenvalue weighted by molar-refractivity contribution is 7.88. The molecule has 8 heteroatoms. The van der Waals surface area contributed by atoms with Crippen LogP contribution in [0.15, 0.2) is 18.3 Å². The Hall–Kier alpha value is -1.25. The number of sulfonamides is 1. The summed E-state index contributed by atoms with van der Waals surface area (Å²) in [7, 11) is -3.14. The summed E-state index contributed by atoms with van der Waals surface area (Å²) in [6.07, 6.45) is 2.68. The summed E-state index contributed by atoms with van der Waals surface area (Å²) < 4.78 is 23.9. The van der Waals surface area contributed by atoms with Gasteiger partial charge >= 0.3 is 0 Å². The molecular weight excluding hydrogens is 260 g/mol. The first-order chi connectivity index (χ1) is 7.88. The predicted molar refractivity (Wildman–Crippen MR) is 71.5 cm³/mol. The van der Waals surface area contributed by atoms with Crippen LogP contribution >= 0.6 is 12.2 Å². The third-order valence-corrected chi connectivity index (χ3v) is 2.81. The maximum absolute atomic E-state index is 10.8. The van der Waals surface area contributed by atoms with Gasteiger partial charge in [-0.05, 0) is 12.1 Å². The van der Waals surface area contributed by atoms with Crippen LogP contribution in [0.2, 0.25) is 0 Å². The van der Waals surface area contributed by atoms with Gasteiger partial charge in [-0.1, -0.05) is 12.2 Å². The van der Waals surface area contributed by atoms with E-state index < -0.39 is 10.0 Å². The number of pyridine rings is 1. The summed E-state index contributed by atoms with van der Waals surface area (Å²) in [4.78, 5) is 4.37. The van der Waals surface area contributed by atoms with Crippen molar-refractivity contribution in [1.82, 2.24) is 9.71 Å². The van der Waals surface area contributed by atoms with Gasteiger partial charge in [0.25, 0.3) is 0 Å². The van der Waals surface area contributed by atoms with Crippen molar-refractivity contribution in [2.75, 3.05) is 24.7 Å². The molecule has 0 amide bonds. The smallest absolute Gasteiger partial charge is 0.208 e. The molecule has 0 aliphatic heterocycles. The zero-order valence-electron chi connectivity index (χ0n) is 9.30. The minimum absolute atomic E-state index is 0.294. The lowest BCUT2D eigenvalue weighted by Gasteiger charge is -2.06. The Balaban J connectivity index is 2.40. The van der Waals surface area contributed by atoms with Crippen molar-refractivity contribution in [2.24, 2.45) is 5.73 Å². The summed E-state index contributed by atoms with van der Waals surface area (Å²) in [5, 5.41) is 2.96. The summed E-state index contributed by atoms with van der Waals surface area (Å²) >= 11 is 4.79. The standard InChI is InChI=1S/C9H14N4O2S2/c1-17(14,15)13-5-4-11-8-3-2-7(6-12-8)9(10)16/h2-3,6,13H,4-5H2,1H3,(H2,10,16)(H,11,12). The van der Waals surface area contributed by atoms with Crippen molar-refractivity contribution in [3.8, 4) is 0 Å². The molecule has 0 saturated heterocycles. The number of nitrogens with two attached hydrogens (primary N) is 1. The van der Waals surface area contributed by atoms with E-state index in [1.807, 2.05) is 0 Å². The first-order valence-electron chi connectivity index (χ1n) is 4.83. The second-order valence-corrected chi connectivity index (χ2v) is 5.66. The van der Waals surface area contributed by atoms with Crippen LogP contribution in [0.3, 0.4) is 0 Å². The molecule has 0 unspecified atom stereocenters. The Morgan fingerprint density at radius 1 is 1.47 bits per heavy atom. The molecule has 0 bridgehead atoms. The Bertz CT molecular complexity index is 484. The highest BCUT2D eigenvalue weighted by Crippen LogP contribution is 2.04. The minimum Gasteiger partial charge on any atom is -0.389 e. The Morgan fingerprint density at radius 2 is 2.18 bits per heavy atom. The number of hydrogen-bond acceptors (Lipinski definition) is 5. The van der Waals surface area contributed by atoms with Gasteiger partial charge in [-0.15, -0.1) is 0 Å². The van der Waals surface area contributed by atoms with E-state index in [9.17, 15) is 8.42 Å². The largest absolute Gasteiger partial charge is 0.389 e. The van der Waals surface area contributed by atoms with Crippen molar-refractivity contribution in [2.45, 2.75) is 0 Å². The van der Waals surface area contributed by atoms with Crippen LogP contribution in [0, 0.1) is 0 Å². The van der Waals surface area contributed by atoms with Crippen molar-refractivity contribution < 1.29 is 8.42 Å². The molecule has 94 valence electrons. The van der Waals surface area contributed by atoms with E-state index in [0.717, 1.165) is 6.26 Å². The van der Waals surface area contributed by atoms with Crippen molar-refractivity contribution in [1.29, 1.82) is 0 Å². The third-order valence-electron chi connectivity index (χ3n) is 1.84. The van der Waals surface area contributed by atoms with Crippen LogP contribution in [0.5, 0.6) is 0 Å². The molecule has 0 aromatic carbocycles. The maximum atomic E-state index is 10.8. The number of nitrogens with one attached hydrogen (secondary N) is 2. The fourth-order valence-corrected chi connectivity index (χ4v) is 1.66. The van der Waals surface area contributed by atoms with E-state index in [4.69, 9.17) is 18.0 Å². The zero-order valence-corrected chi connectivity index (χ0v) is 10.9. The van der Waals surface area contributed by atoms with Gasteiger partial charge in [-0.3, -0.25) is 0 Å². The third kappa shape index (κ3) is 5.57. The molecule has 0 atom stereocenters. The van der Waals surface area contributed by atoms with Gasteiger partial charge < -0.3 is 11.1 Å². The average molecular weight is 274 g/mol. The maximum Gasteiger partial charge on any atom is 0.208 e. The van der Waals surface area contributed by atoms with Crippen molar-refractivity contribution in [3.05, 3.63) is 23.9 Å². The number of hydrogen-bond donors (Lipinski definition) is 3. The molecule has 1 aromatic heterocycles. The molecule has 0 spiro atoms. The summed E-state index contributed by atoms with van der Waals surface area (Å²) in [6.45, 7) is 0.754. The topological polar surface area (TPSA) is 97.1 Å². The highest BCUT2D eigenvalue weighted by Gasteiger charge is 2.00. The normalized spacial score (nSPS) is 11.1. The zero-order chi connectivity index (χ0) is 12.9. The average Bonchev–Trinajstić information content (AvgIpc) is 2.24. The lowest BCUT2D eigenvalue weighted by molar-refractivity contribution is 0.589. The molecule has 0 saturated carbocycles. The van der Waals surface area contributed by atoms with Crippen LogP contribution in [0.1, 0.15) is 5.56 Å². The Kier molecular flexibility index (Phi) is 4.79. The molecule has 4 N–H and O–H groups in total. The van der Waals surface area contributed by atoms with Gasteiger partial charge in [0, 0.05) is 24.8 Å². The van der Waals surface area contributed by atoms with Gasteiger partial charge in [-0.2, -0.15) is 0 Å².